The fourth-order valence-corrected chi connectivity index (χ4v) is 13.6. The van der Waals surface area contributed by atoms with E-state index in [1.807, 2.05) is 0 Å². The van der Waals surface area contributed by atoms with Gasteiger partial charge in [0, 0.05) is 22.3 Å². The average molecular weight is 1250 g/mol. The van der Waals surface area contributed by atoms with Crippen LogP contribution in [0.1, 0.15) is 385 Å². The molecule has 4 nitrogen and oxygen atoms in total. The minimum absolute atomic E-state index is 0.693. The van der Waals surface area contributed by atoms with E-state index in [-0.39, 0.29) is 0 Å². The molecule has 1 aliphatic heterocycles. The van der Waals surface area contributed by atoms with Crippen molar-refractivity contribution in [3.8, 4) is 0 Å². The second-order valence-corrected chi connectivity index (χ2v) is 27.5. The molecule has 87 heavy (non-hydrogen) atoms. The topological polar surface area (TPSA) is 43.8 Å². The van der Waals surface area contributed by atoms with Gasteiger partial charge in [0.2, 0.25) is 11.4 Å². The molecule has 2 aromatic rings. The third-order valence-electron chi connectivity index (χ3n) is 18.9. The Bertz CT molecular complexity index is 2010. The number of unbranched alkanes of at least 4 members (excludes halogenated alkanes) is 36. The SMILES string of the molecule is CCCCCCCCCCCCCCCC=CCC(CCCCC)CCc1ccccc1C1=C(CCCC)C(CCCCCCCC)=C(c2ccccc2CCC(CC=CCCCCCCCCCCCCCCC)CCCCC)[N+]1=[N-].C[O][Ni][O]C. The van der Waals surface area contributed by atoms with Gasteiger partial charge in [0.1, 0.15) is 0 Å². The van der Waals surface area contributed by atoms with Gasteiger partial charge in [-0.1, -0.05) is 346 Å². The summed E-state index contributed by atoms with van der Waals surface area (Å²) in [4.78, 5) is 0. The minimum atomic E-state index is 0.693. The van der Waals surface area contributed by atoms with Gasteiger partial charge in [-0.05, 0) is 125 Å². The molecule has 0 amide bonds. The van der Waals surface area contributed by atoms with Crippen LogP contribution in [0.4, 0.5) is 0 Å². The molecule has 0 saturated heterocycles. The van der Waals surface area contributed by atoms with E-state index in [4.69, 9.17) is 0 Å². The van der Waals surface area contributed by atoms with Crippen LogP contribution in [-0.2, 0) is 35.7 Å². The molecule has 0 fully saturated rings. The summed E-state index contributed by atoms with van der Waals surface area (Å²) in [5.74, 6) is 1.39. The van der Waals surface area contributed by atoms with Gasteiger partial charge in [-0.2, -0.15) is 0 Å². The number of aryl methyl sites for hydroxylation is 2. The predicted molar refractivity (Wildman–Crippen MR) is 382 cm³/mol. The van der Waals surface area contributed by atoms with Crippen LogP contribution in [0.15, 0.2) is 84.0 Å². The summed E-state index contributed by atoms with van der Waals surface area (Å²) >= 11 is 0.819. The number of benzene rings is 2. The summed E-state index contributed by atoms with van der Waals surface area (Å²) in [6.07, 6.45) is 79.0. The van der Waals surface area contributed by atoms with Crippen LogP contribution in [0.25, 0.3) is 16.9 Å². The van der Waals surface area contributed by atoms with E-state index in [1.165, 1.54) is 329 Å². The number of hydrogen-bond donors (Lipinski definition) is 0. The molecule has 0 aliphatic carbocycles. The van der Waals surface area contributed by atoms with Crippen molar-refractivity contribution in [3.05, 3.63) is 112 Å². The Labute approximate surface area is 549 Å². The Hall–Kier alpha value is -2.59. The maximum absolute atomic E-state index is 13.1. The van der Waals surface area contributed by atoms with Crippen LogP contribution in [0, 0.1) is 11.8 Å². The van der Waals surface area contributed by atoms with Crippen molar-refractivity contribution in [3.63, 3.8) is 0 Å². The van der Waals surface area contributed by atoms with Gasteiger partial charge in [0.05, 0.1) is 0 Å². The van der Waals surface area contributed by atoms with Crippen molar-refractivity contribution in [1.29, 1.82) is 0 Å². The summed E-state index contributed by atoms with van der Waals surface area (Å²) in [5, 5.41) is 0. The van der Waals surface area contributed by atoms with Crippen molar-refractivity contribution in [2.75, 3.05) is 14.2 Å². The molecule has 1 heterocycles. The quantitative estimate of drug-likeness (QED) is 0.0287. The first-order valence-corrected chi connectivity index (χ1v) is 38.8. The standard InChI is InChI=1S/C80H136N2.2CH3O.Ni/c1-7-13-19-22-25-27-29-31-33-35-37-39-41-43-45-50-59-71(57-48-16-10-4)67-69-73-61-53-55-64-75(73)79-77(63-18-12-6)78(66-52-47-24-21-15-9-3)80(82(79)81)76-65-56-54-62-74(76)70-68-72(58-49-17-11-5)60-51-46-44-42-40-38-36-34-32-30-28-26-23-20-14-8-2;2*1-2;/h45-46,50-51,53-56,61-62,64-65,71-72H,7-44,47-49,52,57-60,63,66-70H2,1-6H3;2*1H3;/q;2*-1;+2. The second-order valence-electron chi connectivity index (χ2n) is 26.5. The third kappa shape index (κ3) is 40.1. The number of hydrogen-bond acceptors (Lipinski definition) is 2. The molecule has 0 radical (unpaired) electrons. The Morgan fingerprint density at radius 1 is 0.345 bits per heavy atom. The number of nitrogens with zero attached hydrogens (tertiary/aromatic N) is 2. The zero-order valence-corrected chi connectivity index (χ0v) is 59.9. The molecule has 1 aliphatic rings. The summed E-state index contributed by atoms with van der Waals surface area (Å²) in [5.41, 5.74) is 23.4. The van der Waals surface area contributed by atoms with Crippen molar-refractivity contribution >= 4 is 11.4 Å². The van der Waals surface area contributed by atoms with Crippen LogP contribution in [0.2, 0.25) is 0 Å². The van der Waals surface area contributed by atoms with Crippen molar-refractivity contribution < 1.29 is 27.5 Å². The van der Waals surface area contributed by atoms with Gasteiger partial charge in [-0.3, -0.25) is 0 Å². The summed E-state index contributed by atoms with van der Waals surface area (Å²) in [6.45, 7) is 14.0. The molecule has 2 unspecified atom stereocenters. The van der Waals surface area contributed by atoms with Crippen LogP contribution < -0.4 is 0 Å². The third-order valence-corrected chi connectivity index (χ3v) is 19.2. The van der Waals surface area contributed by atoms with Crippen LogP contribution in [-0.4, -0.2) is 18.9 Å². The maximum atomic E-state index is 13.1. The predicted octanol–water partition coefficient (Wildman–Crippen LogP) is 28.1. The van der Waals surface area contributed by atoms with Gasteiger partial charge in [0.25, 0.3) is 0 Å². The van der Waals surface area contributed by atoms with Gasteiger partial charge < -0.3 is 5.53 Å². The first-order chi connectivity index (χ1) is 42.9. The molecule has 0 bridgehead atoms. The molecule has 2 atom stereocenters. The van der Waals surface area contributed by atoms with Crippen LogP contribution in [0.3, 0.4) is 0 Å². The van der Waals surface area contributed by atoms with Crippen LogP contribution >= 0.6 is 0 Å². The average Bonchev–Trinajstić information content (AvgIpc) is 1.69. The second kappa shape index (κ2) is 59.7. The van der Waals surface area contributed by atoms with E-state index in [1.54, 1.807) is 18.9 Å². The fraction of sp³-hybridized carbons (Fsp3) is 0.756. The normalized spacial score (nSPS) is 13.5. The fourth-order valence-electron chi connectivity index (χ4n) is 13.4. The summed E-state index contributed by atoms with van der Waals surface area (Å²) in [7, 11) is 3.12. The molecule has 0 spiro atoms. The Morgan fingerprint density at radius 2 is 0.644 bits per heavy atom. The molecule has 2 aromatic carbocycles. The Balaban J connectivity index is 0.00000494. The van der Waals surface area contributed by atoms with E-state index >= 15 is 0 Å². The van der Waals surface area contributed by atoms with E-state index < -0.39 is 0 Å². The van der Waals surface area contributed by atoms with Gasteiger partial charge in [-0.25, -0.2) is 4.70 Å². The number of rotatable bonds is 60. The van der Waals surface area contributed by atoms with Crippen molar-refractivity contribution in [2.45, 2.75) is 375 Å². The first-order valence-electron chi connectivity index (χ1n) is 38.0. The van der Waals surface area contributed by atoms with Crippen LogP contribution in [0.5, 0.6) is 0 Å². The molecule has 0 aromatic heterocycles. The molecular formula is C82H142N2NiO2. The molecule has 3 rings (SSSR count). The molecule has 0 N–H and O–H groups in total. The Kier molecular flexibility index (Phi) is 55.2. The molecule has 502 valence electrons. The first kappa shape index (κ1) is 80.5. The summed E-state index contributed by atoms with van der Waals surface area (Å²) < 4.78 is 10.5. The monoisotopic (exact) mass is 1250 g/mol. The summed E-state index contributed by atoms with van der Waals surface area (Å²) in [6, 6.07) is 18.5. The van der Waals surface area contributed by atoms with Crippen molar-refractivity contribution in [2.24, 2.45) is 11.8 Å². The van der Waals surface area contributed by atoms with Gasteiger partial charge >= 0.3 is 37.1 Å². The Morgan fingerprint density at radius 3 is 0.977 bits per heavy atom. The zero-order chi connectivity index (χ0) is 62.7. The van der Waals surface area contributed by atoms with Gasteiger partial charge in [-0.15, -0.1) is 0 Å². The van der Waals surface area contributed by atoms with E-state index in [9.17, 15) is 5.53 Å². The van der Waals surface area contributed by atoms with Crippen molar-refractivity contribution in [1.82, 2.24) is 0 Å². The number of allylic oxidation sites excluding steroid dienone is 6. The zero-order valence-electron chi connectivity index (χ0n) is 58.9. The van der Waals surface area contributed by atoms with E-state index in [0.717, 1.165) is 65.0 Å². The van der Waals surface area contributed by atoms with E-state index in [0.29, 0.717) is 11.8 Å². The van der Waals surface area contributed by atoms with Gasteiger partial charge in [0.15, 0.2) is 0 Å². The molecule has 5 heteroatoms. The van der Waals surface area contributed by atoms with E-state index in [2.05, 4.69) is 122 Å². The molecule has 0 saturated carbocycles. The molecular weight excluding hydrogens is 1100 g/mol.